The summed E-state index contributed by atoms with van der Waals surface area (Å²) in [6.45, 7) is 2.10. The van der Waals surface area contributed by atoms with Crippen molar-refractivity contribution in [3.05, 3.63) is 52.8 Å². The maximum absolute atomic E-state index is 10.2. The maximum atomic E-state index is 10.2. The first-order valence-corrected chi connectivity index (χ1v) is 6.40. The molecule has 3 heteroatoms. The zero-order valence-electron chi connectivity index (χ0n) is 10.8. The van der Waals surface area contributed by atoms with Crippen LogP contribution in [0.5, 0.6) is 0 Å². The Hall–Kier alpha value is -1.61. The molecule has 1 aliphatic carbocycles. The fourth-order valence-electron chi connectivity index (χ4n) is 2.81. The largest absolute Gasteiger partial charge is 0.388 e. The summed E-state index contributed by atoms with van der Waals surface area (Å²) in [5, 5.41) is 14.5. The molecule has 3 rings (SSSR count). The second kappa shape index (κ2) is 4.25. The Morgan fingerprint density at radius 2 is 2.00 bits per heavy atom. The van der Waals surface area contributed by atoms with Crippen LogP contribution in [-0.2, 0) is 13.5 Å². The summed E-state index contributed by atoms with van der Waals surface area (Å²) in [5.74, 6) is 0.392. The van der Waals surface area contributed by atoms with Gasteiger partial charge >= 0.3 is 0 Å². The van der Waals surface area contributed by atoms with Crippen LogP contribution in [0.25, 0.3) is 0 Å². The third kappa shape index (κ3) is 1.85. The number of nitrogens with zero attached hydrogens (tertiary/aromatic N) is 2. The number of aryl methyl sites for hydroxylation is 2. The highest BCUT2D eigenvalue weighted by Crippen LogP contribution is 2.38. The maximum Gasteiger partial charge on any atom is 0.0829 e. The molecule has 18 heavy (non-hydrogen) atoms. The third-order valence-corrected chi connectivity index (χ3v) is 3.95. The van der Waals surface area contributed by atoms with Crippen LogP contribution >= 0.6 is 0 Å². The minimum Gasteiger partial charge on any atom is -0.388 e. The number of aromatic nitrogens is 2. The SMILES string of the molecule is Cc1ccc(C2Cc3c(cnn3C)C(O)C2)cc1. The standard InChI is InChI=1S/C15H18N2O/c1-10-3-5-11(6-4-10)12-7-14-13(15(18)8-12)9-16-17(14)2/h3-6,9,12,15,18H,7-8H2,1-2H3. The topological polar surface area (TPSA) is 38.0 Å². The van der Waals surface area contributed by atoms with Crippen molar-refractivity contribution in [1.82, 2.24) is 9.78 Å². The summed E-state index contributed by atoms with van der Waals surface area (Å²) in [7, 11) is 1.95. The van der Waals surface area contributed by atoms with Crippen molar-refractivity contribution in [2.75, 3.05) is 0 Å². The van der Waals surface area contributed by atoms with Gasteiger partial charge in [-0.1, -0.05) is 29.8 Å². The predicted octanol–water partition coefficient (Wildman–Crippen LogP) is 2.49. The van der Waals surface area contributed by atoms with E-state index in [0.717, 1.165) is 18.4 Å². The highest BCUT2D eigenvalue weighted by molar-refractivity contribution is 5.31. The van der Waals surface area contributed by atoms with Gasteiger partial charge in [-0.05, 0) is 31.2 Å². The van der Waals surface area contributed by atoms with E-state index in [9.17, 15) is 5.11 Å². The quantitative estimate of drug-likeness (QED) is 0.834. The Bertz CT molecular complexity index is 556. The van der Waals surface area contributed by atoms with Crippen molar-refractivity contribution in [3.63, 3.8) is 0 Å². The van der Waals surface area contributed by atoms with Gasteiger partial charge in [0, 0.05) is 18.3 Å². The van der Waals surface area contributed by atoms with Crippen LogP contribution in [0.3, 0.4) is 0 Å². The van der Waals surface area contributed by atoms with Gasteiger partial charge in [0.05, 0.1) is 12.3 Å². The minimum atomic E-state index is -0.381. The molecular formula is C15H18N2O. The molecule has 94 valence electrons. The summed E-state index contributed by atoms with van der Waals surface area (Å²) in [6, 6.07) is 8.63. The van der Waals surface area contributed by atoms with E-state index >= 15 is 0 Å². The van der Waals surface area contributed by atoms with Crippen LogP contribution in [0.4, 0.5) is 0 Å². The first-order chi connectivity index (χ1) is 8.65. The zero-order valence-corrected chi connectivity index (χ0v) is 10.8. The molecule has 0 saturated heterocycles. The molecule has 0 spiro atoms. The highest BCUT2D eigenvalue weighted by atomic mass is 16.3. The van der Waals surface area contributed by atoms with Gasteiger partial charge in [0.25, 0.3) is 0 Å². The summed E-state index contributed by atoms with van der Waals surface area (Å²) in [4.78, 5) is 0. The van der Waals surface area contributed by atoms with Gasteiger partial charge in [-0.25, -0.2) is 0 Å². The Kier molecular flexibility index (Phi) is 2.71. The molecule has 1 aromatic heterocycles. The second-order valence-corrected chi connectivity index (χ2v) is 5.23. The van der Waals surface area contributed by atoms with Crippen molar-refractivity contribution < 1.29 is 5.11 Å². The molecule has 3 nitrogen and oxygen atoms in total. The first kappa shape index (κ1) is 11.5. The van der Waals surface area contributed by atoms with Crippen molar-refractivity contribution in [2.45, 2.75) is 31.8 Å². The molecule has 1 N–H and O–H groups in total. The van der Waals surface area contributed by atoms with E-state index < -0.39 is 0 Å². The van der Waals surface area contributed by atoms with E-state index in [-0.39, 0.29) is 6.10 Å². The molecule has 1 heterocycles. The first-order valence-electron chi connectivity index (χ1n) is 6.40. The Morgan fingerprint density at radius 1 is 1.28 bits per heavy atom. The van der Waals surface area contributed by atoms with E-state index in [1.807, 2.05) is 11.7 Å². The molecule has 0 radical (unpaired) electrons. The lowest BCUT2D eigenvalue weighted by Crippen LogP contribution is -2.18. The molecular weight excluding hydrogens is 224 g/mol. The number of aliphatic hydroxyl groups excluding tert-OH is 1. The van der Waals surface area contributed by atoms with Gasteiger partial charge < -0.3 is 5.11 Å². The van der Waals surface area contributed by atoms with Gasteiger partial charge in [0.1, 0.15) is 0 Å². The highest BCUT2D eigenvalue weighted by Gasteiger charge is 2.29. The Balaban J connectivity index is 1.93. The molecule has 1 aromatic carbocycles. The molecule has 0 amide bonds. The second-order valence-electron chi connectivity index (χ2n) is 5.23. The van der Waals surface area contributed by atoms with E-state index in [1.54, 1.807) is 6.20 Å². The van der Waals surface area contributed by atoms with E-state index in [0.29, 0.717) is 5.92 Å². The number of hydrogen-bond donors (Lipinski definition) is 1. The van der Waals surface area contributed by atoms with E-state index in [1.165, 1.54) is 16.8 Å². The Labute approximate surface area is 107 Å². The van der Waals surface area contributed by atoms with Crippen molar-refractivity contribution in [2.24, 2.45) is 7.05 Å². The van der Waals surface area contributed by atoms with E-state index in [2.05, 4.69) is 36.3 Å². The van der Waals surface area contributed by atoms with Crippen LogP contribution in [0.1, 0.15) is 40.8 Å². The molecule has 2 unspecified atom stereocenters. The lowest BCUT2D eigenvalue weighted by Gasteiger charge is -2.27. The van der Waals surface area contributed by atoms with Gasteiger partial charge in [0.2, 0.25) is 0 Å². The summed E-state index contributed by atoms with van der Waals surface area (Å²) < 4.78 is 1.89. The fraction of sp³-hybridized carbons (Fsp3) is 0.400. The summed E-state index contributed by atoms with van der Waals surface area (Å²) in [6.07, 6.45) is 3.17. The van der Waals surface area contributed by atoms with Crippen molar-refractivity contribution >= 4 is 0 Å². The van der Waals surface area contributed by atoms with Crippen LogP contribution < -0.4 is 0 Å². The molecule has 2 aromatic rings. The molecule has 0 fully saturated rings. The predicted molar refractivity (Wildman–Crippen MR) is 70.4 cm³/mol. The molecule has 2 atom stereocenters. The third-order valence-electron chi connectivity index (χ3n) is 3.95. The normalized spacial score (nSPS) is 22.8. The molecule has 0 saturated carbocycles. The van der Waals surface area contributed by atoms with Crippen LogP contribution in [0.15, 0.2) is 30.5 Å². The summed E-state index contributed by atoms with van der Waals surface area (Å²) in [5.41, 5.74) is 4.75. The Morgan fingerprint density at radius 3 is 2.72 bits per heavy atom. The zero-order chi connectivity index (χ0) is 12.7. The van der Waals surface area contributed by atoms with Gasteiger partial charge in [-0.2, -0.15) is 5.10 Å². The summed E-state index contributed by atoms with van der Waals surface area (Å²) >= 11 is 0. The number of benzene rings is 1. The average molecular weight is 242 g/mol. The van der Waals surface area contributed by atoms with Crippen LogP contribution in [0, 0.1) is 6.92 Å². The lowest BCUT2D eigenvalue weighted by atomic mass is 9.81. The minimum absolute atomic E-state index is 0.381. The van der Waals surface area contributed by atoms with Gasteiger partial charge in [-0.15, -0.1) is 0 Å². The molecule has 0 aliphatic heterocycles. The van der Waals surface area contributed by atoms with Crippen LogP contribution in [0.2, 0.25) is 0 Å². The van der Waals surface area contributed by atoms with Gasteiger partial charge in [0.15, 0.2) is 0 Å². The average Bonchev–Trinajstić information content (AvgIpc) is 2.73. The fourth-order valence-corrected chi connectivity index (χ4v) is 2.81. The number of hydrogen-bond acceptors (Lipinski definition) is 2. The van der Waals surface area contributed by atoms with Gasteiger partial charge in [-0.3, -0.25) is 4.68 Å². The van der Waals surface area contributed by atoms with Crippen molar-refractivity contribution in [3.8, 4) is 0 Å². The molecule has 1 aliphatic rings. The van der Waals surface area contributed by atoms with E-state index in [4.69, 9.17) is 0 Å². The van der Waals surface area contributed by atoms with Crippen LogP contribution in [-0.4, -0.2) is 14.9 Å². The lowest BCUT2D eigenvalue weighted by molar-refractivity contribution is 0.147. The number of aliphatic hydroxyl groups is 1. The number of fused-ring (bicyclic) bond motifs is 1. The monoisotopic (exact) mass is 242 g/mol. The number of rotatable bonds is 1. The van der Waals surface area contributed by atoms with Crippen molar-refractivity contribution in [1.29, 1.82) is 0 Å². The smallest absolute Gasteiger partial charge is 0.0829 e. The molecule has 0 bridgehead atoms.